The summed E-state index contributed by atoms with van der Waals surface area (Å²) in [6, 6.07) is 10.8. The van der Waals surface area contributed by atoms with Crippen molar-refractivity contribution in [1.82, 2.24) is 5.32 Å². The lowest BCUT2D eigenvalue weighted by Crippen LogP contribution is -2.22. The molecule has 1 aromatic carbocycles. The molecule has 1 aromatic heterocycles. The van der Waals surface area contributed by atoms with Crippen molar-refractivity contribution in [3.8, 4) is 0 Å². The van der Waals surface area contributed by atoms with E-state index in [1.165, 1.54) is 16.0 Å². The molecule has 1 unspecified atom stereocenters. The first-order chi connectivity index (χ1) is 9.11. The number of halogens is 2. The van der Waals surface area contributed by atoms with E-state index in [0.717, 1.165) is 21.8 Å². The maximum atomic E-state index is 6.07. The second-order valence-electron chi connectivity index (χ2n) is 4.55. The van der Waals surface area contributed by atoms with Crippen molar-refractivity contribution in [3.63, 3.8) is 0 Å². The van der Waals surface area contributed by atoms with E-state index < -0.39 is 0 Å². The quantitative estimate of drug-likeness (QED) is 0.737. The van der Waals surface area contributed by atoms with Crippen LogP contribution in [0.4, 0.5) is 0 Å². The van der Waals surface area contributed by atoms with E-state index in [2.05, 4.69) is 59.4 Å². The van der Waals surface area contributed by atoms with E-state index in [1.54, 1.807) is 11.3 Å². The van der Waals surface area contributed by atoms with E-state index in [9.17, 15) is 0 Å². The highest BCUT2D eigenvalue weighted by Gasteiger charge is 2.17. The Morgan fingerprint density at radius 1 is 1.32 bits per heavy atom. The van der Waals surface area contributed by atoms with Gasteiger partial charge in [-0.15, -0.1) is 11.3 Å². The molecule has 1 N–H and O–H groups in total. The summed E-state index contributed by atoms with van der Waals surface area (Å²) in [5.41, 5.74) is 2.52. The largest absolute Gasteiger partial charge is 0.306 e. The summed E-state index contributed by atoms with van der Waals surface area (Å²) >= 11 is 11.4. The first-order valence-corrected chi connectivity index (χ1v) is 8.35. The average molecular weight is 359 g/mol. The molecule has 0 aliphatic heterocycles. The van der Waals surface area contributed by atoms with Gasteiger partial charge < -0.3 is 5.32 Å². The summed E-state index contributed by atoms with van der Waals surface area (Å²) in [6.45, 7) is 5.27. The fourth-order valence-corrected chi connectivity index (χ4v) is 3.88. The molecule has 0 saturated heterocycles. The summed E-state index contributed by atoms with van der Waals surface area (Å²) < 4.78 is 1.98. The van der Waals surface area contributed by atoms with E-state index in [4.69, 9.17) is 11.6 Å². The fraction of sp³-hybridized carbons (Fsp3) is 0.333. The number of hydrogen-bond acceptors (Lipinski definition) is 2. The maximum Gasteiger partial charge on any atom is 0.0931 e. The molecule has 102 valence electrons. The molecule has 0 aliphatic carbocycles. The summed E-state index contributed by atoms with van der Waals surface area (Å²) in [7, 11) is 0. The van der Waals surface area contributed by atoms with Gasteiger partial charge in [0.05, 0.1) is 10.4 Å². The molecule has 0 amide bonds. The Bertz CT molecular complexity index is 553. The van der Waals surface area contributed by atoms with Crippen LogP contribution in [0.1, 0.15) is 35.4 Å². The molecule has 0 aliphatic rings. The van der Waals surface area contributed by atoms with Crippen LogP contribution in [0.5, 0.6) is 0 Å². The zero-order chi connectivity index (χ0) is 13.8. The van der Waals surface area contributed by atoms with Gasteiger partial charge in [0.15, 0.2) is 0 Å². The van der Waals surface area contributed by atoms with Crippen LogP contribution in [0.25, 0.3) is 0 Å². The van der Waals surface area contributed by atoms with Crippen LogP contribution in [0.2, 0.25) is 4.34 Å². The minimum absolute atomic E-state index is 0.201. The minimum atomic E-state index is 0.201. The summed E-state index contributed by atoms with van der Waals surface area (Å²) in [4.78, 5) is 1.25. The van der Waals surface area contributed by atoms with Gasteiger partial charge in [-0.05, 0) is 49.2 Å². The topological polar surface area (TPSA) is 12.0 Å². The SMILES string of the molecule is CCCNC(c1ccc(Cl)s1)c1ccc(C)cc1Br. The molecule has 0 radical (unpaired) electrons. The van der Waals surface area contributed by atoms with Crippen LogP contribution < -0.4 is 5.32 Å². The summed E-state index contributed by atoms with van der Waals surface area (Å²) in [5.74, 6) is 0. The van der Waals surface area contributed by atoms with Crippen molar-refractivity contribution in [3.05, 3.63) is 55.1 Å². The first-order valence-electron chi connectivity index (χ1n) is 6.36. The lowest BCUT2D eigenvalue weighted by Gasteiger charge is -2.19. The van der Waals surface area contributed by atoms with Gasteiger partial charge in [0.2, 0.25) is 0 Å². The molecule has 2 aromatic rings. The minimum Gasteiger partial charge on any atom is -0.306 e. The third-order valence-corrected chi connectivity index (χ3v) is 4.93. The van der Waals surface area contributed by atoms with Crippen LogP contribution in [0, 0.1) is 6.92 Å². The molecule has 2 rings (SSSR count). The molecule has 0 spiro atoms. The molecule has 0 bridgehead atoms. The van der Waals surface area contributed by atoms with Crippen molar-refractivity contribution in [1.29, 1.82) is 0 Å². The van der Waals surface area contributed by atoms with Crippen molar-refractivity contribution >= 4 is 38.9 Å². The number of aryl methyl sites for hydroxylation is 1. The van der Waals surface area contributed by atoms with E-state index in [1.807, 2.05) is 6.07 Å². The lowest BCUT2D eigenvalue weighted by atomic mass is 10.0. The van der Waals surface area contributed by atoms with Crippen LogP contribution >= 0.6 is 38.9 Å². The van der Waals surface area contributed by atoms with Crippen molar-refractivity contribution < 1.29 is 0 Å². The number of benzene rings is 1. The fourth-order valence-electron chi connectivity index (χ4n) is 2.00. The van der Waals surface area contributed by atoms with Gasteiger partial charge in [0.1, 0.15) is 0 Å². The third kappa shape index (κ3) is 3.82. The van der Waals surface area contributed by atoms with Crippen molar-refractivity contribution in [2.24, 2.45) is 0 Å². The Hall–Kier alpha value is -0.350. The van der Waals surface area contributed by atoms with E-state index in [-0.39, 0.29) is 6.04 Å². The monoisotopic (exact) mass is 357 g/mol. The predicted molar refractivity (Wildman–Crippen MR) is 88.3 cm³/mol. The Morgan fingerprint density at radius 3 is 2.68 bits per heavy atom. The van der Waals surface area contributed by atoms with Crippen molar-refractivity contribution in [2.45, 2.75) is 26.3 Å². The van der Waals surface area contributed by atoms with Gasteiger partial charge in [0.25, 0.3) is 0 Å². The van der Waals surface area contributed by atoms with Crippen LogP contribution in [0.15, 0.2) is 34.8 Å². The maximum absolute atomic E-state index is 6.07. The van der Waals surface area contributed by atoms with Gasteiger partial charge in [0, 0.05) is 9.35 Å². The third-order valence-electron chi connectivity index (χ3n) is 2.94. The highest BCUT2D eigenvalue weighted by molar-refractivity contribution is 9.10. The molecular formula is C15H17BrClNS. The standard InChI is InChI=1S/C15H17BrClNS/c1-3-8-18-15(13-6-7-14(17)19-13)11-5-4-10(2)9-12(11)16/h4-7,9,15,18H,3,8H2,1-2H3. The van der Waals surface area contributed by atoms with E-state index >= 15 is 0 Å². The molecular weight excluding hydrogens is 342 g/mol. The molecule has 19 heavy (non-hydrogen) atoms. The zero-order valence-corrected chi connectivity index (χ0v) is 14.2. The molecule has 1 nitrogen and oxygen atoms in total. The summed E-state index contributed by atoms with van der Waals surface area (Å²) in [6.07, 6.45) is 1.11. The number of nitrogens with one attached hydrogen (secondary N) is 1. The van der Waals surface area contributed by atoms with Crippen LogP contribution in [-0.2, 0) is 0 Å². The van der Waals surface area contributed by atoms with Gasteiger partial charge >= 0.3 is 0 Å². The van der Waals surface area contributed by atoms with Gasteiger partial charge in [-0.1, -0.05) is 46.6 Å². The van der Waals surface area contributed by atoms with Gasteiger partial charge in [-0.3, -0.25) is 0 Å². The van der Waals surface area contributed by atoms with E-state index in [0.29, 0.717) is 0 Å². The Morgan fingerprint density at radius 2 is 2.11 bits per heavy atom. The normalized spacial score (nSPS) is 12.6. The first kappa shape index (κ1) is 15.0. The average Bonchev–Trinajstić information content (AvgIpc) is 2.78. The second-order valence-corrected chi connectivity index (χ2v) is 7.15. The van der Waals surface area contributed by atoms with Gasteiger partial charge in [-0.25, -0.2) is 0 Å². The predicted octanol–water partition coefficient (Wildman–Crippen LogP) is 5.56. The highest BCUT2D eigenvalue weighted by Crippen LogP contribution is 2.34. The molecule has 0 saturated carbocycles. The molecule has 4 heteroatoms. The Labute approximate surface area is 132 Å². The highest BCUT2D eigenvalue weighted by atomic mass is 79.9. The molecule has 1 atom stereocenters. The second kappa shape index (κ2) is 6.89. The molecule has 1 heterocycles. The number of hydrogen-bond donors (Lipinski definition) is 1. The van der Waals surface area contributed by atoms with Crippen molar-refractivity contribution in [2.75, 3.05) is 6.54 Å². The molecule has 0 fully saturated rings. The number of thiophene rings is 1. The lowest BCUT2D eigenvalue weighted by molar-refractivity contribution is 0.604. The Kier molecular flexibility index (Phi) is 5.46. The smallest absolute Gasteiger partial charge is 0.0931 e. The van der Waals surface area contributed by atoms with Gasteiger partial charge in [-0.2, -0.15) is 0 Å². The van der Waals surface area contributed by atoms with Crippen LogP contribution in [-0.4, -0.2) is 6.54 Å². The number of rotatable bonds is 5. The summed E-state index contributed by atoms with van der Waals surface area (Å²) in [5, 5.41) is 3.60. The zero-order valence-electron chi connectivity index (χ0n) is 11.0. The Balaban J connectivity index is 2.36. The van der Waals surface area contributed by atoms with Crippen LogP contribution in [0.3, 0.4) is 0 Å².